The minimum Gasteiger partial charge on any atom is -0.481 e. The van der Waals surface area contributed by atoms with Gasteiger partial charge in [-0.25, -0.2) is 0 Å². The summed E-state index contributed by atoms with van der Waals surface area (Å²) in [6.07, 6.45) is 11.3. The summed E-state index contributed by atoms with van der Waals surface area (Å²) in [6.45, 7) is 12.8. The Kier molecular flexibility index (Phi) is 9.83. The zero-order valence-electron chi connectivity index (χ0n) is 17.4. The molecule has 2 N–H and O–H groups in total. The summed E-state index contributed by atoms with van der Waals surface area (Å²) in [7, 11) is 0. The second-order valence-electron chi connectivity index (χ2n) is 8.76. The van der Waals surface area contributed by atoms with Crippen LogP contribution in [-0.4, -0.2) is 27.7 Å². The number of halogens is 1. The Labute approximate surface area is 170 Å². The maximum absolute atomic E-state index is 10.6. The topological polar surface area (TPSA) is 57.5 Å². The van der Waals surface area contributed by atoms with E-state index in [4.69, 9.17) is 16.7 Å². The van der Waals surface area contributed by atoms with E-state index in [0.717, 1.165) is 37.7 Å². The van der Waals surface area contributed by atoms with Crippen LogP contribution in [0.25, 0.3) is 0 Å². The van der Waals surface area contributed by atoms with Crippen LogP contribution in [0.5, 0.6) is 0 Å². The van der Waals surface area contributed by atoms with Crippen molar-refractivity contribution in [2.45, 2.75) is 84.1 Å². The molecule has 154 valence electrons. The molecule has 0 aromatic rings. The first kappa shape index (κ1) is 24.0. The maximum Gasteiger partial charge on any atom is 0.303 e. The first-order valence-electron chi connectivity index (χ1n) is 10.2. The molecule has 3 nitrogen and oxygen atoms in total. The largest absolute Gasteiger partial charge is 0.481 e. The van der Waals surface area contributed by atoms with Gasteiger partial charge in [0.05, 0.1) is 6.10 Å². The molecule has 0 aliphatic heterocycles. The van der Waals surface area contributed by atoms with Gasteiger partial charge in [-0.3, -0.25) is 4.79 Å². The SMILES string of the molecule is C=C(/C=C\C(=C/C)C(C)(C)C)[C@@H]1[C@@H](CCCCCCC(=O)O)[C@H](Cl)C[C@H]1O. The molecule has 1 fully saturated rings. The Morgan fingerprint density at radius 2 is 1.81 bits per heavy atom. The van der Waals surface area contributed by atoms with Crippen LogP contribution in [0.4, 0.5) is 0 Å². The Morgan fingerprint density at radius 1 is 1.19 bits per heavy atom. The third-order valence-electron chi connectivity index (χ3n) is 5.57. The van der Waals surface area contributed by atoms with Crippen LogP contribution in [0.15, 0.2) is 36.0 Å². The number of aliphatic carboxylic acids is 1. The molecule has 0 aromatic heterocycles. The monoisotopic (exact) mass is 396 g/mol. The normalized spacial score (nSPS) is 26.7. The molecule has 0 aromatic carbocycles. The average Bonchev–Trinajstić information content (AvgIpc) is 2.83. The molecule has 4 heteroatoms. The Morgan fingerprint density at radius 3 is 2.37 bits per heavy atom. The molecule has 0 unspecified atom stereocenters. The van der Waals surface area contributed by atoms with Crippen LogP contribution in [0.3, 0.4) is 0 Å². The van der Waals surface area contributed by atoms with Gasteiger partial charge in [0.2, 0.25) is 0 Å². The number of allylic oxidation sites excluding steroid dienone is 4. The summed E-state index contributed by atoms with van der Waals surface area (Å²) >= 11 is 6.54. The molecule has 0 saturated heterocycles. The fourth-order valence-corrected chi connectivity index (χ4v) is 4.51. The van der Waals surface area contributed by atoms with Gasteiger partial charge in [0.1, 0.15) is 0 Å². The number of unbranched alkanes of at least 4 members (excludes halogenated alkanes) is 3. The van der Waals surface area contributed by atoms with E-state index in [9.17, 15) is 9.90 Å². The lowest BCUT2D eigenvalue weighted by atomic mass is 9.82. The number of alkyl halides is 1. The smallest absolute Gasteiger partial charge is 0.303 e. The Balaban J connectivity index is 2.64. The van der Waals surface area contributed by atoms with Gasteiger partial charge < -0.3 is 10.2 Å². The quantitative estimate of drug-likeness (QED) is 0.265. The summed E-state index contributed by atoms with van der Waals surface area (Å²) in [5.41, 5.74) is 2.27. The fraction of sp³-hybridized carbons (Fsp3) is 0.696. The molecule has 0 radical (unpaired) electrons. The lowest BCUT2D eigenvalue weighted by Crippen LogP contribution is -2.22. The third-order valence-corrected chi connectivity index (χ3v) is 6.07. The molecule has 1 saturated carbocycles. The highest BCUT2D eigenvalue weighted by Gasteiger charge is 2.41. The van der Waals surface area contributed by atoms with E-state index in [1.165, 1.54) is 5.57 Å². The van der Waals surface area contributed by atoms with E-state index in [2.05, 4.69) is 39.5 Å². The number of hydrogen-bond donors (Lipinski definition) is 2. The van der Waals surface area contributed by atoms with Gasteiger partial charge in [-0.15, -0.1) is 11.6 Å². The molecule has 1 aliphatic carbocycles. The van der Waals surface area contributed by atoms with Crippen LogP contribution in [0.1, 0.15) is 72.6 Å². The first-order chi connectivity index (χ1) is 12.6. The van der Waals surface area contributed by atoms with E-state index in [-0.39, 0.29) is 29.0 Å². The molecule has 0 amide bonds. The van der Waals surface area contributed by atoms with E-state index in [1.54, 1.807) is 0 Å². The molecule has 1 aliphatic rings. The average molecular weight is 397 g/mol. The molecular formula is C23H37ClO3. The van der Waals surface area contributed by atoms with Gasteiger partial charge in [0.25, 0.3) is 0 Å². The lowest BCUT2D eigenvalue weighted by Gasteiger charge is -2.25. The molecule has 1 rings (SSSR count). The second-order valence-corrected chi connectivity index (χ2v) is 9.32. The zero-order valence-corrected chi connectivity index (χ0v) is 18.1. The Hall–Kier alpha value is -1.06. The van der Waals surface area contributed by atoms with E-state index >= 15 is 0 Å². The van der Waals surface area contributed by atoms with Gasteiger partial charge in [-0.1, -0.05) is 64.8 Å². The van der Waals surface area contributed by atoms with Crippen LogP contribution in [-0.2, 0) is 4.79 Å². The van der Waals surface area contributed by atoms with Gasteiger partial charge in [0.15, 0.2) is 0 Å². The second kappa shape index (κ2) is 11.1. The number of rotatable bonds is 10. The number of hydrogen-bond acceptors (Lipinski definition) is 2. The maximum atomic E-state index is 10.6. The van der Waals surface area contributed by atoms with Crippen molar-refractivity contribution in [2.24, 2.45) is 17.3 Å². The van der Waals surface area contributed by atoms with E-state index < -0.39 is 12.1 Å². The van der Waals surface area contributed by atoms with Gasteiger partial charge in [0, 0.05) is 17.7 Å². The van der Waals surface area contributed by atoms with Crippen molar-refractivity contribution >= 4 is 17.6 Å². The number of carboxylic acids is 1. The number of carbonyl (C=O) groups is 1. The summed E-state index contributed by atoms with van der Waals surface area (Å²) in [5.74, 6) is -0.503. The van der Waals surface area contributed by atoms with Crippen molar-refractivity contribution in [1.29, 1.82) is 0 Å². The van der Waals surface area contributed by atoms with Crippen LogP contribution < -0.4 is 0 Å². The first-order valence-corrected chi connectivity index (χ1v) is 10.6. The van der Waals surface area contributed by atoms with Gasteiger partial charge >= 0.3 is 5.97 Å². The highest BCUT2D eigenvalue weighted by molar-refractivity contribution is 6.21. The summed E-state index contributed by atoms with van der Waals surface area (Å²) in [4.78, 5) is 10.6. The van der Waals surface area contributed by atoms with Crippen molar-refractivity contribution < 1.29 is 15.0 Å². The van der Waals surface area contributed by atoms with Crippen molar-refractivity contribution in [1.82, 2.24) is 0 Å². The number of aliphatic hydroxyl groups excluding tert-OH is 1. The van der Waals surface area contributed by atoms with Crippen molar-refractivity contribution in [2.75, 3.05) is 0 Å². The van der Waals surface area contributed by atoms with Crippen LogP contribution in [0, 0.1) is 17.3 Å². The standard InChI is InChI=1S/C23H37ClO3/c1-6-17(23(3,4)5)14-13-16(2)22-18(19(24)15-20(22)25)11-9-7-8-10-12-21(26)27/h6,13-14,18-20,22,25H,2,7-12,15H2,1,3-5H3,(H,26,27)/b14-13-,17-6+/t18-,19+,20+,22+/m0/s1. The molecule has 0 heterocycles. The van der Waals surface area contributed by atoms with Gasteiger partial charge in [-0.05, 0) is 48.7 Å². The molecule has 27 heavy (non-hydrogen) atoms. The molecule has 4 atom stereocenters. The van der Waals surface area contributed by atoms with E-state index in [1.807, 2.05) is 13.0 Å². The van der Waals surface area contributed by atoms with Crippen molar-refractivity contribution in [3.8, 4) is 0 Å². The molecular weight excluding hydrogens is 360 g/mol. The lowest BCUT2D eigenvalue weighted by molar-refractivity contribution is -0.137. The number of carboxylic acid groups (broad SMARTS) is 1. The predicted octanol–water partition coefficient (Wildman–Crippen LogP) is 6.12. The summed E-state index contributed by atoms with van der Waals surface area (Å²) in [5, 5.41) is 19.2. The summed E-state index contributed by atoms with van der Waals surface area (Å²) in [6, 6.07) is 0. The minimum atomic E-state index is -0.728. The zero-order chi connectivity index (χ0) is 20.6. The van der Waals surface area contributed by atoms with Crippen molar-refractivity contribution in [3.05, 3.63) is 36.0 Å². The third kappa shape index (κ3) is 7.83. The predicted molar refractivity (Wildman–Crippen MR) is 114 cm³/mol. The summed E-state index contributed by atoms with van der Waals surface area (Å²) < 4.78 is 0. The van der Waals surface area contributed by atoms with Crippen LogP contribution >= 0.6 is 11.6 Å². The number of aliphatic hydroxyl groups is 1. The van der Waals surface area contributed by atoms with Crippen molar-refractivity contribution in [3.63, 3.8) is 0 Å². The Bertz CT molecular complexity index is 556. The minimum absolute atomic E-state index is 0.000782. The van der Waals surface area contributed by atoms with Gasteiger partial charge in [-0.2, -0.15) is 0 Å². The highest BCUT2D eigenvalue weighted by atomic mass is 35.5. The van der Waals surface area contributed by atoms with Crippen LogP contribution in [0.2, 0.25) is 0 Å². The highest BCUT2D eigenvalue weighted by Crippen LogP contribution is 2.43. The fourth-order valence-electron chi connectivity index (χ4n) is 4.04. The molecule has 0 bridgehead atoms. The van der Waals surface area contributed by atoms with E-state index in [0.29, 0.717) is 6.42 Å². The molecule has 0 spiro atoms.